The summed E-state index contributed by atoms with van der Waals surface area (Å²) in [7, 11) is 6.14. The first-order valence-corrected chi connectivity index (χ1v) is 9.52. The lowest BCUT2D eigenvalue weighted by Crippen LogP contribution is -2.36. The van der Waals surface area contributed by atoms with Gasteiger partial charge in [-0.05, 0) is 46.5 Å². The maximum atomic E-state index is 13.0. The van der Waals surface area contributed by atoms with Crippen molar-refractivity contribution >= 4 is 17.4 Å². The Balaban J connectivity index is 2.33. The van der Waals surface area contributed by atoms with Crippen LogP contribution in [0.3, 0.4) is 0 Å². The molecule has 0 atom stereocenters. The molecule has 144 valence electrons. The van der Waals surface area contributed by atoms with Crippen LogP contribution in [0.15, 0.2) is 18.3 Å². The van der Waals surface area contributed by atoms with E-state index >= 15 is 0 Å². The summed E-state index contributed by atoms with van der Waals surface area (Å²) >= 11 is 0. The molecule has 0 fully saturated rings. The van der Waals surface area contributed by atoms with E-state index in [4.69, 9.17) is 0 Å². The molecule has 0 aliphatic heterocycles. The molecule has 0 unspecified atom stereocenters. The number of aryl methyl sites for hydroxylation is 1. The molecule has 2 rings (SSSR count). The molecule has 6 nitrogen and oxygen atoms in total. The second kappa shape index (κ2) is 9.03. The van der Waals surface area contributed by atoms with E-state index in [0.29, 0.717) is 12.1 Å². The number of carbonyl (C=O) groups excluding carboxylic acids is 1. The number of hydrogen-bond acceptors (Lipinski definition) is 4. The Morgan fingerprint density at radius 3 is 2.46 bits per heavy atom. The Labute approximate surface area is 157 Å². The lowest BCUT2D eigenvalue weighted by atomic mass is 10.2. The summed E-state index contributed by atoms with van der Waals surface area (Å²) in [6, 6.07) is 3.83. The zero-order valence-corrected chi connectivity index (χ0v) is 17.1. The van der Waals surface area contributed by atoms with Crippen molar-refractivity contribution < 1.29 is 4.79 Å². The number of hydrogen-bond donors (Lipinski definition) is 0. The second-order valence-corrected chi connectivity index (χ2v) is 7.13. The summed E-state index contributed by atoms with van der Waals surface area (Å²) in [6.07, 6.45) is 4.23. The predicted octanol–water partition coefficient (Wildman–Crippen LogP) is 2.90. The number of imidazole rings is 1. The SMILES string of the molecule is CCCCN(C)c1c(C)nc2ccc(C(=O)N(CC)CCN(C)C)cn12. The van der Waals surface area contributed by atoms with Gasteiger partial charge in [0.1, 0.15) is 11.5 Å². The summed E-state index contributed by atoms with van der Waals surface area (Å²) in [5, 5.41) is 0. The number of unbranched alkanes of at least 4 members (excludes halogenated alkanes) is 1. The van der Waals surface area contributed by atoms with Gasteiger partial charge < -0.3 is 14.7 Å². The topological polar surface area (TPSA) is 44.1 Å². The van der Waals surface area contributed by atoms with Crippen LogP contribution in [-0.4, -0.2) is 72.4 Å². The van der Waals surface area contributed by atoms with E-state index in [1.807, 2.05) is 51.2 Å². The molecule has 0 saturated carbocycles. The van der Waals surface area contributed by atoms with Gasteiger partial charge >= 0.3 is 0 Å². The Morgan fingerprint density at radius 1 is 1.12 bits per heavy atom. The number of aromatic nitrogens is 2. The minimum atomic E-state index is 0.0739. The van der Waals surface area contributed by atoms with Crippen molar-refractivity contribution in [3.05, 3.63) is 29.6 Å². The van der Waals surface area contributed by atoms with E-state index in [0.717, 1.165) is 49.6 Å². The van der Waals surface area contributed by atoms with Gasteiger partial charge in [-0.25, -0.2) is 4.98 Å². The van der Waals surface area contributed by atoms with Crippen molar-refractivity contribution in [2.75, 3.05) is 52.2 Å². The second-order valence-electron chi connectivity index (χ2n) is 7.13. The number of pyridine rings is 1. The number of amides is 1. The highest BCUT2D eigenvalue weighted by Gasteiger charge is 2.18. The number of rotatable bonds is 9. The van der Waals surface area contributed by atoms with Crippen LogP contribution in [0.5, 0.6) is 0 Å². The van der Waals surface area contributed by atoms with Crippen molar-refractivity contribution in [2.45, 2.75) is 33.6 Å². The van der Waals surface area contributed by atoms with Gasteiger partial charge in [0.05, 0.1) is 11.3 Å². The molecule has 0 spiro atoms. The van der Waals surface area contributed by atoms with Crippen LogP contribution in [0.4, 0.5) is 5.82 Å². The van der Waals surface area contributed by atoms with Crippen molar-refractivity contribution in [1.29, 1.82) is 0 Å². The lowest BCUT2D eigenvalue weighted by Gasteiger charge is -2.23. The van der Waals surface area contributed by atoms with Crippen LogP contribution in [-0.2, 0) is 0 Å². The molecule has 2 aromatic heterocycles. The number of anilines is 1. The smallest absolute Gasteiger partial charge is 0.255 e. The molecule has 0 aromatic carbocycles. The average Bonchev–Trinajstić information content (AvgIpc) is 2.94. The van der Waals surface area contributed by atoms with E-state index < -0.39 is 0 Å². The molecule has 6 heteroatoms. The Hall–Kier alpha value is -2.08. The summed E-state index contributed by atoms with van der Waals surface area (Å²) in [4.78, 5) is 23.8. The molecule has 2 heterocycles. The summed E-state index contributed by atoms with van der Waals surface area (Å²) in [5.41, 5.74) is 2.59. The van der Waals surface area contributed by atoms with Gasteiger partial charge in [-0.1, -0.05) is 13.3 Å². The highest BCUT2D eigenvalue weighted by atomic mass is 16.2. The lowest BCUT2D eigenvalue weighted by molar-refractivity contribution is 0.0753. The Kier molecular flexibility index (Phi) is 7.03. The van der Waals surface area contributed by atoms with E-state index in [2.05, 4.69) is 33.2 Å². The van der Waals surface area contributed by atoms with Crippen molar-refractivity contribution in [2.24, 2.45) is 0 Å². The van der Waals surface area contributed by atoms with Crippen molar-refractivity contribution in [3.8, 4) is 0 Å². The highest BCUT2D eigenvalue weighted by Crippen LogP contribution is 2.22. The first kappa shape index (κ1) is 20.2. The largest absolute Gasteiger partial charge is 0.359 e. The van der Waals surface area contributed by atoms with Crippen LogP contribution in [0.1, 0.15) is 42.7 Å². The first-order chi connectivity index (χ1) is 12.4. The third-order valence-electron chi connectivity index (χ3n) is 4.70. The first-order valence-electron chi connectivity index (χ1n) is 9.52. The zero-order chi connectivity index (χ0) is 19.3. The summed E-state index contributed by atoms with van der Waals surface area (Å²) in [5.74, 6) is 1.14. The molecule has 0 N–H and O–H groups in total. The van der Waals surface area contributed by atoms with Crippen LogP contribution in [0, 0.1) is 6.92 Å². The molecule has 2 aromatic rings. The number of likely N-dealkylation sites (N-methyl/N-ethyl adjacent to an activating group) is 2. The monoisotopic (exact) mass is 359 g/mol. The maximum Gasteiger partial charge on any atom is 0.255 e. The van der Waals surface area contributed by atoms with Crippen LogP contribution >= 0.6 is 0 Å². The van der Waals surface area contributed by atoms with Gasteiger partial charge in [0.25, 0.3) is 5.91 Å². The number of nitrogens with zero attached hydrogens (tertiary/aromatic N) is 5. The molecule has 0 radical (unpaired) electrons. The average molecular weight is 360 g/mol. The Morgan fingerprint density at radius 2 is 1.85 bits per heavy atom. The van der Waals surface area contributed by atoms with Gasteiger partial charge in [0.15, 0.2) is 0 Å². The molecule has 0 aliphatic carbocycles. The zero-order valence-electron chi connectivity index (χ0n) is 17.1. The summed E-state index contributed by atoms with van der Waals surface area (Å²) in [6.45, 7) is 9.52. The molecule has 1 amide bonds. The van der Waals surface area contributed by atoms with E-state index in [1.165, 1.54) is 0 Å². The molecule has 0 aliphatic rings. The third-order valence-corrected chi connectivity index (χ3v) is 4.70. The molecule has 0 bridgehead atoms. The predicted molar refractivity (Wildman–Crippen MR) is 108 cm³/mol. The van der Waals surface area contributed by atoms with E-state index in [1.54, 1.807) is 0 Å². The fraction of sp³-hybridized carbons (Fsp3) is 0.600. The van der Waals surface area contributed by atoms with E-state index in [9.17, 15) is 4.79 Å². The quantitative estimate of drug-likeness (QED) is 0.690. The van der Waals surface area contributed by atoms with Gasteiger partial charge in [-0.3, -0.25) is 9.20 Å². The fourth-order valence-corrected chi connectivity index (χ4v) is 3.14. The van der Waals surface area contributed by atoms with Gasteiger partial charge in [-0.15, -0.1) is 0 Å². The van der Waals surface area contributed by atoms with Crippen molar-refractivity contribution in [1.82, 2.24) is 19.2 Å². The van der Waals surface area contributed by atoms with Crippen molar-refractivity contribution in [3.63, 3.8) is 0 Å². The molecule has 0 saturated heterocycles. The molecular formula is C20H33N5O. The number of carbonyl (C=O) groups is 1. The van der Waals surface area contributed by atoms with Gasteiger partial charge in [-0.2, -0.15) is 0 Å². The number of fused-ring (bicyclic) bond motifs is 1. The summed E-state index contributed by atoms with van der Waals surface area (Å²) < 4.78 is 2.05. The normalized spacial score (nSPS) is 11.3. The fourth-order valence-electron chi connectivity index (χ4n) is 3.14. The van der Waals surface area contributed by atoms with Crippen LogP contribution in [0.25, 0.3) is 5.65 Å². The highest BCUT2D eigenvalue weighted by molar-refractivity contribution is 5.94. The van der Waals surface area contributed by atoms with Gasteiger partial charge in [0, 0.05) is 39.4 Å². The van der Waals surface area contributed by atoms with Gasteiger partial charge in [0.2, 0.25) is 0 Å². The minimum absolute atomic E-state index is 0.0739. The van der Waals surface area contributed by atoms with Crippen LogP contribution in [0.2, 0.25) is 0 Å². The van der Waals surface area contributed by atoms with E-state index in [-0.39, 0.29) is 5.91 Å². The maximum absolute atomic E-state index is 13.0. The minimum Gasteiger partial charge on any atom is -0.359 e. The Bertz CT molecular complexity index is 737. The molecular weight excluding hydrogens is 326 g/mol. The molecule has 26 heavy (non-hydrogen) atoms. The van der Waals surface area contributed by atoms with Crippen LogP contribution < -0.4 is 4.90 Å². The standard InChI is InChI=1S/C20H33N5O/c1-7-9-12-23(6)19-16(3)21-18-11-10-17(15-25(18)19)20(26)24(8-2)14-13-22(4)5/h10-11,15H,7-9,12-14H2,1-6H3. The third kappa shape index (κ3) is 4.55.